The van der Waals surface area contributed by atoms with Crippen molar-refractivity contribution in [3.63, 3.8) is 0 Å². The fraction of sp³-hybridized carbons (Fsp3) is 0.790. The molecule has 8 nitrogen and oxygen atoms in total. The van der Waals surface area contributed by atoms with Crippen molar-refractivity contribution in [3.05, 3.63) is 97.2 Å². The lowest BCUT2D eigenvalue weighted by molar-refractivity contribution is -0.870. The molecule has 0 saturated heterocycles. The Morgan fingerprint density at radius 1 is 0.400 bits per heavy atom. The van der Waals surface area contributed by atoms with Crippen LogP contribution in [0.25, 0.3) is 0 Å². The van der Waals surface area contributed by atoms with Gasteiger partial charge >= 0.3 is 0 Å². The molecule has 1 amide bonds. The van der Waals surface area contributed by atoms with E-state index in [4.69, 9.17) is 9.05 Å². The molecule has 3 unspecified atom stereocenters. The van der Waals surface area contributed by atoms with Gasteiger partial charge in [-0.15, -0.1) is 0 Å². The number of nitrogens with zero attached hydrogens (tertiary/aromatic N) is 1. The molecule has 0 spiro atoms. The lowest BCUT2D eigenvalue weighted by atomic mass is 10.0. The molecule has 2 N–H and O–H groups in total. The third-order valence-corrected chi connectivity index (χ3v) is 18.3. The van der Waals surface area contributed by atoms with E-state index in [1.54, 1.807) is 0 Å². The molecule has 3 atom stereocenters. The topological polar surface area (TPSA) is 108 Å². The molecule has 0 saturated carbocycles. The quantitative estimate of drug-likeness (QED) is 0.0272. The lowest BCUT2D eigenvalue weighted by Crippen LogP contribution is -2.46. The van der Waals surface area contributed by atoms with E-state index in [0.717, 1.165) is 89.9 Å². The number of carbonyl (C=O) groups is 1. The number of phosphoric ester groups is 1. The van der Waals surface area contributed by atoms with Crippen LogP contribution in [0.3, 0.4) is 0 Å². The number of phosphoric acid groups is 1. The van der Waals surface area contributed by atoms with Crippen LogP contribution in [-0.2, 0) is 18.4 Å². The van der Waals surface area contributed by atoms with Crippen LogP contribution >= 0.6 is 7.82 Å². The highest BCUT2D eigenvalue weighted by Crippen LogP contribution is 2.38. The maximum absolute atomic E-state index is 13.1. The Morgan fingerprint density at radius 3 is 0.989 bits per heavy atom. The normalized spacial score (nSPS) is 14.1. The summed E-state index contributed by atoms with van der Waals surface area (Å²) in [5, 5.41) is 14.1. The van der Waals surface area contributed by atoms with Gasteiger partial charge in [0.25, 0.3) is 7.82 Å². The van der Waals surface area contributed by atoms with Gasteiger partial charge in [-0.3, -0.25) is 9.36 Å². The minimum Gasteiger partial charge on any atom is -0.756 e. The molecular formula is C81H149N2O6P. The molecule has 0 fully saturated rings. The summed E-state index contributed by atoms with van der Waals surface area (Å²) in [7, 11) is 1.31. The van der Waals surface area contributed by atoms with Gasteiger partial charge in [0.2, 0.25) is 5.91 Å². The summed E-state index contributed by atoms with van der Waals surface area (Å²) < 4.78 is 23.6. The van der Waals surface area contributed by atoms with Crippen LogP contribution < -0.4 is 10.2 Å². The Labute approximate surface area is 559 Å². The van der Waals surface area contributed by atoms with Gasteiger partial charge in [0.05, 0.1) is 39.9 Å². The maximum atomic E-state index is 13.1. The van der Waals surface area contributed by atoms with Crippen molar-refractivity contribution >= 4 is 13.7 Å². The Morgan fingerprint density at radius 2 is 0.678 bits per heavy atom. The molecule has 0 aromatic heterocycles. The van der Waals surface area contributed by atoms with Crippen molar-refractivity contribution in [3.8, 4) is 0 Å². The van der Waals surface area contributed by atoms with Crippen LogP contribution in [0.1, 0.15) is 361 Å². The fourth-order valence-electron chi connectivity index (χ4n) is 11.4. The molecule has 0 heterocycles. The number of aliphatic hydroxyl groups excluding tert-OH is 1. The predicted octanol–water partition coefficient (Wildman–Crippen LogP) is 24.6. The van der Waals surface area contributed by atoms with Crippen LogP contribution in [-0.4, -0.2) is 68.5 Å². The van der Waals surface area contributed by atoms with Crippen LogP contribution in [0, 0.1) is 0 Å². The highest BCUT2D eigenvalue weighted by molar-refractivity contribution is 7.45. The average molecular weight is 1280 g/mol. The van der Waals surface area contributed by atoms with Gasteiger partial charge in [-0.05, 0) is 77.0 Å². The van der Waals surface area contributed by atoms with Crippen LogP contribution in [0.4, 0.5) is 0 Å². The van der Waals surface area contributed by atoms with Gasteiger partial charge in [-0.2, -0.15) is 0 Å². The van der Waals surface area contributed by atoms with Crippen molar-refractivity contribution in [2.75, 3.05) is 40.9 Å². The van der Waals surface area contributed by atoms with Gasteiger partial charge in [-0.25, -0.2) is 0 Å². The second-order valence-corrected chi connectivity index (χ2v) is 28.7. The van der Waals surface area contributed by atoms with E-state index < -0.39 is 20.0 Å². The SMILES string of the molecule is CC/C=C\C/C=C\C/C=C\C/C=C\C/C=C\C/C=C\C/C=C\C/C=C\CCCCCCCCCCCCCCCCC(=O)NC(COP(=O)([O-])OCC[N+](C)(C)C)C(O)CCCCCCCCCCCCCCCCCCCCCCCCCCCCCCC. The Bertz CT molecular complexity index is 1790. The monoisotopic (exact) mass is 1280 g/mol. The minimum absolute atomic E-state index is 0.0102. The first-order valence-corrected chi connectivity index (χ1v) is 40.0. The maximum Gasteiger partial charge on any atom is 0.268 e. The third kappa shape index (κ3) is 72.8. The number of unbranched alkanes of at least 4 members (excludes halogenated alkanes) is 42. The first-order valence-electron chi connectivity index (χ1n) is 38.6. The largest absolute Gasteiger partial charge is 0.756 e. The third-order valence-electron chi connectivity index (χ3n) is 17.3. The van der Waals surface area contributed by atoms with E-state index in [-0.39, 0.29) is 19.1 Å². The van der Waals surface area contributed by atoms with Crippen molar-refractivity contribution < 1.29 is 32.9 Å². The molecule has 0 aromatic rings. The molecule has 90 heavy (non-hydrogen) atoms. The highest BCUT2D eigenvalue weighted by Gasteiger charge is 2.24. The lowest BCUT2D eigenvalue weighted by Gasteiger charge is -2.30. The van der Waals surface area contributed by atoms with Crippen molar-refractivity contribution in [2.24, 2.45) is 0 Å². The van der Waals surface area contributed by atoms with E-state index >= 15 is 0 Å². The molecule has 0 bridgehead atoms. The first kappa shape index (κ1) is 87.4. The molecular weight excluding hydrogens is 1130 g/mol. The fourth-order valence-corrected chi connectivity index (χ4v) is 12.1. The van der Waals surface area contributed by atoms with Crippen LogP contribution in [0.15, 0.2) is 97.2 Å². The van der Waals surface area contributed by atoms with E-state index in [9.17, 15) is 19.4 Å². The summed E-state index contributed by atoms with van der Waals surface area (Å²) in [5.41, 5.74) is 0. The predicted molar refractivity (Wildman–Crippen MR) is 394 cm³/mol. The zero-order valence-electron chi connectivity index (χ0n) is 60.1. The Kier molecular flexibility index (Phi) is 68.7. The first-order chi connectivity index (χ1) is 44.0. The zero-order valence-corrected chi connectivity index (χ0v) is 61.0. The number of hydrogen-bond acceptors (Lipinski definition) is 6. The van der Waals surface area contributed by atoms with Gasteiger partial charge in [0, 0.05) is 6.42 Å². The van der Waals surface area contributed by atoms with Gasteiger partial charge < -0.3 is 28.8 Å². The summed E-state index contributed by atoms with van der Waals surface area (Å²) in [6, 6.07) is -0.808. The van der Waals surface area contributed by atoms with Crippen molar-refractivity contribution in [2.45, 2.75) is 373 Å². The number of nitrogens with one attached hydrogen (secondary N) is 1. The zero-order chi connectivity index (χ0) is 65.5. The number of hydrogen-bond donors (Lipinski definition) is 2. The van der Waals surface area contributed by atoms with Gasteiger partial charge in [0.1, 0.15) is 13.2 Å². The van der Waals surface area contributed by atoms with Crippen LogP contribution in [0.5, 0.6) is 0 Å². The molecule has 0 radical (unpaired) electrons. The number of amides is 1. The summed E-state index contributed by atoms with van der Waals surface area (Å²) in [4.78, 5) is 25.7. The molecule has 0 rings (SSSR count). The minimum atomic E-state index is -4.59. The Hall–Kier alpha value is -2.58. The smallest absolute Gasteiger partial charge is 0.268 e. The molecule has 0 aliphatic carbocycles. The Balaban J connectivity index is 4.00. The van der Waals surface area contributed by atoms with E-state index in [1.807, 2.05) is 21.1 Å². The van der Waals surface area contributed by atoms with Gasteiger partial charge in [-0.1, -0.05) is 374 Å². The van der Waals surface area contributed by atoms with Crippen LogP contribution in [0.2, 0.25) is 0 Å². The number of quaternary nitrogens is 1. The molecule has 9 heteroatoms. The second-order valence-electron chi connectivity index (χ2n) is 27.3. The number of allylic oxidation sites excluding steroid dienone is 16. The van der Waals surface area contributed by atoms with E-state index in [1.165, 1.54) is 244 Å². The summed E-state index contributed by atoms with van der Waals surface area (Å²) in [6.45, 7) is 4.65. The van der Waals surface area contributed by atoms with Gasteiger partial charge in [0.15, 0.2) is 0 Å². The summed E-state index contributed by atoms with van der Waals surface area (Å²) in [5.74, 6) is -0.163. The number of aliphatic hydroxyl groups is 1. The summed E-state index contributed by atoms with van der Waals surface area (Å²) in [6.07, 6.45) is 102. The average Bonchev–Trinajstić information content (AvgIpc) is 3.72. The van der Waals surface area contributed by atoms with Crippen molar-refractivity contribution in [1.82, 2.24) is 5.32 Å². The molecule has 0 aliphatic rings. The molecule has 0 aliphatic heterocycles. The number of carbonyl (C=O) groups excluding carboxylic acids is 1. The molecule has 524 valence electrons. The second kappa shape index (κ2) is 70.7. The van der Waals surface area contributed by atoms with E-state index in [0.29, 0.717) is 23.9 Å². The standard InChI is InChI=1S/C81H149N2O6P/c1-6-8-10-12-14-16-18-20-22-24-26-28-30-32-34-36-37-38-39-40-41-42-43-44-45-47-49-51-53-55-57-59-61-63-65-67-69-71-73-75-81(85)82-79(78-89-90(86,87)88-77-76-83(3,4)5)80(84)74-72-70-68-66-64-62-60-58-56-54-52-50-48-46-35-33-31-29-27-25-23-21-19-17-15-13-11-9-7-2/h8,10,14,16,20,22,26,28,32,34,37-38,40-41,43-44,79-80,84H,6-7,9,11-13,15,17-19,21,23-25,27,29-31,33,35-36,39,42,45-78H2,1-5H3,(H-,82,85,86,87)/b10-8-,16-14-,22-20-,28-26-,34-32-,38-37-,41-40-,44-43-. The molecule has 0 aromatic carbocycles. The highest BCUT2D eigenvalue weighted by atomic mass is 31.2. The number of rotatable bonds is 71. The van der Waals surface area contributed by atoms with Crippen molar-refractivity contribution in [1.29, 1.82) is 0 Å². The van der Waals surface area contributed by atoms with E-state index in [2.05, 4.69) is 116 Å². The summed E-state index contributed by atoms with van der Waals surface area (Å²) >= 11 is 0. The number of likely N-dealkylation sites (N-methyl/N-ethyl adjacent to an activating group) is 1.